The lowest BCUT2D eigenvalue weighted by molar-refractivity contribution is -0.122. The fraction of sp³-hybridized carbons (Fsp3) is 0.167. The summed E-state index contributed by atoms with van der Waals surface area (Å²) in [5, 5.41) is 0.0641. The molecule has 3 aromatic rings. The number of amides is 2. The largest absolute Gasteiger partial charge is 0.469 e. The third-order valence-electron chi connectivity index (χ3n) is 4.69. The Labute approximate surface area is 155 Å². The normalized spacial score (nSPS) is 24.6. The number of nitrogens with one attached hydrogen (secondary N) is 1. The maximum atomic E-state index is 13.2. The van der Waals surface area contributed by atoms with E-state index in [2.05, 4.69) is 4.98 Å². The first kappa shape index (κ1) is 15.7. The van der Waals surface area contributed by atoms with Crippen molar-refractivity contribution < 1.29 is 14.0 Å². The van der Waals surface area contributed by atoms with Crippen molar-refractivity contribution in [2.45, 2.75) is 16.2 Å². The molecule has 1 saturated heterocycles. The number of carbonyl (C=O) groups is 2. The number of hydrogen-bond donors (Lipinski definition) is 1. The molecule has 6 nitrogen and oxygen atoms in total. The van der Waals surface area contributed by atoms with Crippen molar-refractivity contribution in [3.8, 4) is 0 Å². The smallest absolute Gasteiger partial charge is 0.305 e. The first-order valence-corrected chi connectivity index (χ1v) is 9.70. The minimum absolute atomic E-state index is 0.196. The Morgan fingerprint density at radius 1 is 1.00 bits per heavy atom. The second-order valence-corrected chi connectivity index (χ2v) is 8.28. The van der Waals surface area contributed by atoms with Crippen LogP contribution in [0.2, 0.25) is 0 Å². The highest BCUT2D eigenvalue weighted by Gasteiger charge is 2.57. The van der Waals surface area contributed by atoms with E-state index in [1.807, 2.05) is 6.07 Å². The highest BCUT2D eigenvalue weighted by Crippen LogP contribution is 2.53. The number of imide groups is 1. The predicted octanol–water partition coefficient (Wildman–Crippen LogP) is 2.83. The van der Waals surface area contributed by atoms with Gasteiger partial charge in [-0.2, -0.15) is 0 Å². The third kappa shape index (κ3) is 2.15. The van der Waals surface area contributed by atoms with E-state index < -0.39 is 17.1 Å². The number of carbonyl (C=O) groups excluding carboxylic acids is 2. The molecule has 0 saturated carbocycles. The molecule has 2 aromatic heterocycles. The quantitative estimate of drug-likeness (QED) is 0.687. The average Bonchev–Trinajstić information content (AvgIpc) is 3.34. The number of fused-ring (bicyclic) bond motifs is 2. The molecule has 2 aliphatic rings. The molecule has 3 atom stereocenters. The van der Waals surface area contributed by atoms with Crippen molar-refractivity contribution in [1.29, 1.82) is 0 Å². The number of furan rings is 1. The van der Waals surface area contributed by atoms with Crippen molar-refractivity contribution in [2.24, 2.45) is 5.92 Å². The standard InChI is InChI=1S/C18H12N2O4S2/c21-16-12-11(10-7-4-8-24-10)13-15(19-18(23)26-13)25-14(12)17(22)20(16)9-5-2-1-3-6-9/h1-8,11-12,14H,(H,19,23). The van der Waals surface area contributed by atoms with Gasteiger partial charge < -0.3 is 9.40 Å². The highest BCUT2D eigenvalue weighted by molar-refractivity contribution is 8.00. The summed E-state index contributed by atoms with van der Waals surface area (Å²) in [7, 11) is 0. The molecule has 4 heterocycles. The Morgan fingerprint density at radius 2 is 1.81 bits per heavy atom. The zero-order chi connectivity index (χ0) is 17.8. The van der Waals surface area contributed by atoms with Crippen LogP contribution >= 0.6 is 23.1 Å². The topological polar surface area (TPSA) is 83.4 Å². The Morgan fingerprint density at radius 3 is 2.54 bits per heavy atom. The summed E-state index contributed by atoms with van der Waals surface area (Å²) in [6.45, 7) is 0. The predicted molar refractivity (Wildman–Crippen MR) is 97.6 cm³/mol. The number of thioether (sulfide) groups is 1. The summed E-state index contributed by atoms with van der Waals surface area (Å²) in [6, 6.07) is 12.5. The Balaban J connectivity index is 1.66. The molecule has 130 valence electrons. The number of nitrogens with zero attached hydrogens (tertiary/aromatic N) is 1. The average molecular weight is 384 g/mol. The monoisotopic (exact) mass is 384 g/mol. The number of H-pyrrole nitrogens is 1. The van der Waals surface area contributed by atoms with E-state index in [0.29, 0.717) is 16.5 Å². The van der Waals surface area contributed by atoms with E-state index in [4.69, 9.17) is 4.42 Å². The van der Waals surface area contributed by atoms with Gasteiger partial charge in [-0.05, 0) is 24.3 Å². The zero-order valence-electron chi connectivity index (χ0n) is 13.2. The molecular weight excluding hydrogens is 372 g/mol. The van der Waals surface area contributed by atoms with Gasteiger partial charge in [-0.3, -0.25) is 14.4 Å². The number of aromatic nitrogens is 1. The molecule has 1 N–H and O–H groups in total. The van der Waals surface area contributed by atoms with Crippen LogP contribution < -0.4 is 9.77 Å². The minimum Gasteiger partial charge on any atom is -0.469 e. The summed E-state index contributed by atoms with van der Waals surface area (Å²) in [4.78, 5) is 42.8. The van der Waals surface area contributed by atoms with E-state index in [1.165, 1.54) is 22.9 Å². The van der Waals surface area contributed by atoms with Gasteiger partial charge in [0, 0.05) is 0 Å². The van der Waals surface area contributed by atoms with Gasteiger partial charge in [0.1, 0.15) is 11.0 Å². The van der Waals surface area contributed by atoms with Gasteiger partial charge in [-0.1, -0.05) is 41.3 Å². The molecule has 0 aliphatic carbocycles. The summed E-state index contributed by atoms with van der Waals surface area (Å²) < 4.78 is 5.57. The molecule has 0 radical (unpaired) electrons. The molecule has 0 spiro atoms. The number of aromatic amines is 1. The number of benzene rings is 1. The third-order valence-corrected chi connectivity index (χ3v) is 7.09. The van der Waals surface area contributed by atoms with Crippen LogP contribution in [0.3, 0.4) is 0 Å². The number of anilines is 1. The minimum atomic E-state index is -0.599. The molecular formula is C18H12N2O4S2. The SMILES string of the molecule is O=C1C2Sc3[nH]c(=O)sc3C(c3ccco3)C2C(=O)N1c1ccccc1. The lowest BCUT2D eigenvalue weighted by atomic mass is 9.87. The van der Waals surface area contributed by atoms with Crippen LogP contribution in [0, 0.1) is 5.92 Å². The van der Waals surface area contributed by atoms with Gasteiger partial charge in [0.15, 0.2) is 0 Å². The van der Waals surface area contributed by atoms with Gasteiger partial charge in [0.05, 0.1) is 33.7 Å². The molecule has 2 amide bonds. The Bertz CT molecular complexity index is 1050. The molecule has 0 bridgehead atoms. The van der Waals surface area contributed by atoms with Gasteiger partial charge in [-0.25, -0.2) is 4.90 Å². The van der Waals surface area contributed by atoms with Gasteiger partial charge >= 0.3 is 4.87 Å². The highest BCUT2D eigenvalue weighted by atomic mass is 32.2. The zero-order valence-corrected chi connectivity index (χ0v) is 14.9. The summed E-state index contributed by atoms with van der Waals surface area (Å²) in [6.07, 6.45) is 1.54. The van der Waals surface area contributed by atoms with Crippen LogP contribution in [0.4, 0.5) is 5.69 Å². The number of rotatable bonds is 2. The lowest BCUT2D eigenvalue weighted by Crippen LogP contribution is -2.32. The van der Waals surface area contributed by atoms with E-state index >= 15 is 0 Å². The molecule has 8 heteroatoms. The lowest BCUT2D eigenvalue weighted by Gasteiger charge is -2.27. The first-order chi connectivity index (χ1) is 12.6. The first-order valence-electron chi connectivity index (χ1n) is 8.01. The van der Waals surface area contributed by atoms with Crippen LogP contribution in [0.5, 0.6) is 0 Å². The molecule has 1 aromatic carbocycles. The summed E-state index contributed by atoms with van der Waals surface area (Å²) in [5.41, 5.74) is 0.563. The molecule has 5 rings (SSSR count). The summed E-state index contributed by atoms with van der Waals surface area (Å²) in [5.74, 6) is -0.969. The summed E-state index contributed by atoms with van der Waals surface area (Å²) >= 11 is 2.33. The van der Waals surface area contributed by atoms with Crippen molar-refractivity contribution in [2.75, 3.05) is 4.90 Å². The van der Waals surface area contributed by atoms with Crippen molar-refractivity contribution >= 4 is 40.6 Å². The Hall–Kier alpha value is -2.58. The van der Waals surface area contributed by atoms with Crippen LogP contribution in [-0.2, 0) is 9.59 Å². The second kappa shape index (κ2) is 5.72. The van der Waals surface area contributed by atoms with E-state index in [9.17, 15) is 14.4 Å². The molecule has 26 heavy (non-hydrogen) atoms. The number of thiazole rings is 1. The van der Waals surface area contributed by atoms with E-state index in [1.54, 1.807) is 36.4 Å². The van der Waals surface area contributed by atoms with E-state index in [0.717, 1.165) is 16.2 Å². The fourth-order valence-corrected chi connectivity index (χ4v) is 6.12. The molecule has 2 aliphatic heterocycles. The maximum absolute atomic E-state index is 13.2. The van der Waals surface area contributed by atoms with Gasteiger partial charge in [0.2, 0.25) is 11.8 Å². The van der Waals surface area contributed by atoms with Crippen LogP contribution in [0.15, 0.2) is 63.0 Å². The molecule has 1 fully saturated rings. The van der Waals surface area contributed by atoms with Crippen LogP contribution in [0.1, 0.15) is 16.6 Å². The molecule has 3 unspecified atom stereocenters. The Kier molecular flexibility index (Phi) is 3.44. The van der Waals surface area contributed by atoms with Crippen molar-refractivity contribution in [3.63, 3.8) is 0 Å². The number of para-hydroxylation sites is 1. The van der Waals surface area contributed by atoms with Crippen molar-refractivity contribution in [3.05, 3.63) is 69.0 Å². The maximum Gasteiger partial charge on any atom is 0.305 e. The fourth-order valence-electron chi connectivity index (χ4n) is 3.62. The number of hydrogen-bond acceptors (Lipinski definition) is 6. The van der Waals surface area contributed by atoms with E-state index in [-0.39, 0.29) is 16.7 Å². The van der Waals surface area contributed by atoms with Crippen LogP contribution in [-0.4, -0.2) is 22.0 Å². The van der Waals surface area contributed by atoms with Gasteiger partial charge in [0.25, 0.3) is 0 Å². The van der Waals surface area contributed by atoms with Gasteiger partial charge in [-0.15, -0.1) is 0 Å². The second-order valence-electron chi connectivity index (χ2n) is 6.11. The van der Waals surface area contributed by atoms with Crippen LogP contribution in [0.25, 0.3) is 0 Å². The van der Waals surface area contributed by atoms with Crippen molar-refractivity contribution in [1.82, 2.24) is 4.98 Å².